The van der Waals surface area contributed by atoms with Crippen LogP contribution in [0.15, 0.2) is 83.8 Å². The molecule has 7 heteroatoms. The first-order valence-corrected chi connectivity index (χ1v) is 14.5. The number of aryl methyl sites for hydroxylation is 1. The first-order valence-electron chi connectivity index (χ1n) is 11.1. The number of nitrogens with zero attached hydrogens (tertiary/aromatic N) is 1. The largest absolute Gasteiger partial charge is 0.353 e. The zero-order valence-electron chi connectivity index (χ0n) is 18.5. The molecule has 0 N–H and O–H groups in total. The van der Waals surface area contributed by atoms with Gasteiger partial charge in [-0.15, -0.1) is 23.5 Å². The fourth-order valence-electron chi connectivity index (χ4n) is 4.42. The monoisotopic (exact) mass is 497 g/mol. The summed E-state index contributed by atoms with van der Waals surface area (Å²) < 4.78 is 35.7. The first kappa shape index (κ1) is 22.8. The van der Waals surface area contributed by atoms with E-state index in [2.05, 4.69) is 6.07 Å². The molecule has 5 rings (SSSR count). The summed E-state index contributed by atoms with van der Waals surface area (Å²) in [4.78, 5) is 0.288. The van der Waals surface area contributed by atoms with E-state index >= 15 is 0 Å². The molecule has 0 amide bonds. The topological polar surface area (TPSA) is 46.6 Å². The molecule has 0 radical (unpaired) electrons. The van der Waals surface area contributed by atoms with Crippen LogP contribution >= 0.6 is 23.5 Å². The molecule has 2 aliphatic heterocycles. The molecule has 4 nitrogen and oxygen atoms in total. The van der Waals surface area contributed by atoms with Crippen LogP contribution in [0.5, 0.6) is 0 Å². The molecule has 0 bridgehead atoms. The van der Waals surface area contributed by atoms with Gasteiger partial charge in [0.15, 0.2) is 0 Å². The minimum atomic E-state index is -3.81. The van der Waals surface area contributed by atoms with Crippen molar-refractivity contribution in [1.82, 2.24) is 0 Å². The average Bonchev–Trinajstić information content (AvgIpc) is 2.84. The molecular formula is C26H27NO3S3. The van der Waals surface area contributed by atoms with E-state index in [1.165, 1.54) is 10.7 Å². The highest BCUT2D eigenvalue weighted by atomic mass is 32.2. The fraction of sp³-hybridized carbons (Fsp3) is 0.308. The number of benzene rings is 3. The van der Waals surface area contributed by atoms with Crippen LogP contribution in [0.1, 0.15) is 29.5 Å². The molecule has 33 heavy (non-hydrogen) atoms. The fourth-order valence-corrected chi connectivity index (χ4v) is 9.42. The second-order valence-electron chi connectivity index (χ2n) is 8.39. The van der Waals surface area contributed by atoms with Gasteiger partial charge < -0.3 is 4.74 Å². The lowest BCUT2D eigenvalue weighted by Gasteiger charge is -2.48. The number of rotatable bonds is 5. The van der Waals surface area contributed by atoms with Crippen LogP contribution in [0.4, 0.5) is 5.69 Å². The summed E-state index contributed by atoms with van der Waals surface area (Å²) in [5.41, 5.74) is 3.86. The van der Waals surface area contributed by atoms with Crippen molar-refractivity contribution in [3.63, 3.8) is 0 Å². The molecule has 3 aromatic carbocycles. The van der Waals surface area contributed by atoms with Crippen molar-refractivity contribution in [3.05, 3.63) is 95.6 Å². The van der Waals surface area contributed by atoms with Gasteiger partial charge in [-0.2, -0.15) is 0 Å². The Morgan fingerprint density at radius 2 is 1.61 bits per heavy atom. The number of ether oxygens (including phenoxy) is 1. The second-order valence-corrected chi connectivity index (χ2v) is 13.3. The Bertz CT molecular complexity index is 1210. The third-order valence-corrected chi connectivity index (χ3v) is 11.3. The zero-order valence-corrected chi connectivity index (χ0v) is 21.0. The molecule has 1 spiro atoms. The van der Waals surface area contributed by atoms with E-state index < -0.39 is 16.3 Å². The van der Waals surface area contributed by atoms with Gasteiger partial charge in [-0.25, -0.2) is 12.7 Å². The molecule has 2 heterocycles. The Hall–Kier alpha value is -1.93. The van der Waals surface area contributed by atoms with Crippen molar-refractivity contribution in [2.45, 2.75) is 41.6 Å². The number of hydrogen-bond acceptors (Lipinski definition) is 5. The van der Waals surface area contributed by atoms with E-state index in [0.717, 1.165) is 33.9 Å². The van der Waals surface area contributed by atoms with Crippen LogP contribution in [-0.2, 0) is 25.4 Å². The van der Waals surface area contributed by atoms with Crippen molar-refractivity contribution in [1.29, 1.82) is 0 Å². The van der Waals surface area contributed by atoms with Gasteiger partial charge in [-0.3, -0.25) is 0 Å². The molecule has 1 fully saturated rings. The third kappa shape index (κ3) is 4.44. The van der Waals surface area contributed by atoms with Crippen molar-refractivity contribution >= 4 is 39.2 Å². The predicted molar refractivity (Wildman–Crippen MR) is 138 cm³/mol. The highest BCUT2D eigenvalue weighted by Crippen LogP contribution is 2.59. The summed E-state index contributed by atoms with van der Waals surface area (Å²) in [7, 11) is -3.81. The molecule has 0 aromatic heterocycles. The van der Waals surface area contributed by atoms with E-state index in [1.54, 1.807) is 12.1 Å². The summed E-state index contributed by atoms with van der Waals surface area (Å²) in [5.74, 6) is 2.13. The molecule has 1 saturated heterocycles. The number of sulfonamides is 1. The van der Waals surface area contributed by atoms with E-state index in [9.17, 15) is 8.42 Å². The van der Waals surface area contributed by atoms with Crippen molar-refractivity contribution < 1.29 is 13.2 Å². The van der Waals surface area contributed by atoms with E-state index in [0.29, 0.717) is 13.0 Å². The lowest BCUT2D eigenvalue weighted by atomic mass is 10.0. The van der Waals surface area contributed by atoms with Crippen LogP contribution in [0.3, 0.4) is 0 Å². The maximum absolute atomic E-state index is 14.0. The van der Waals surface area contributed by atoms with Gasteiger partial charge >= 0.3 is 0 Å². The van der Waals surface area contributed by atoms with Gasteiger partial charge in [-0.1, -0.05) is 66.2 Å². The molecular weight excluding hydrogens is 470 g/mol. The van der Waals surface area contributed by atoms with Gasteiger partial charge in [0.2, 0.25) is 0 Å². The van der Waals surface area contributed by atoms with E-state index in [1.807, 2.05) is 91.1 Å². The molecule has 1 unspecified atom stereocenters. The van der Waals surface area contributed by atoms with Gasteiger partial charge in [0.05, 0.1) is 21.3 Å². The minimum absolute atomic E-state index is 0.199. The quantitative estimate of drug-likeness (QED) is 0.422. The van der Waals surface area contributed by atoms with Crippen LogP contribution in [0, 0.1) is 6.92 Å². The smallest absolute Gasteiger partial charge is 0.266 e. The van der Waals surface area contributed by atoms with Crippen LogP contribution in [0.2, 0.25) is 0 Å². The molecule has 172 valence electrons. The third-order valence-electron chi connectivity index (χ3n) is 6.08. The molecule has 0 aliphatic carbocycles. The van der Waals surface area contributed by atoms with Gasteiger partial charge in [-0.05, 0) is 48.6 Å². The highest BCUT2D eigenvalue weighted by Gasteiger charge is 2.49. The molecule has 0 saturated carbocycles. The van der Waals surface area contributed by atoms with Crippen LogP contribution in [0.25, 0.3) is 0 Å². The van der Waals surface area contributed by atoms with Gasteiger partial charge in [0, 0.05) is 12.0 Å². The zero-order chi connectivity index (χ0) is 22.9. The van der Waals surface area contributed by atoms with Gasteiger partial charge in [0.1, 0.15) is 6.23 Å². The number of fused-ring (bicyclic) bond motifs is 2. The SMILES string of the molecule is Cc1ccc(S(=O)(=O)N2c3ccccc3C3(CC2OCc2ccccc2)SCCCS3)cc1. The number of anilines is 1. The van der Waals surface area contributed by atoms with Gasteiger partial charge in [0.25, 0.3) is 10.0 Å². The summed E-state index contributed by atoms with van der Waals surface area (Å²) >= 11 is 3.85. The highest BCUT2D eigenvalue weighted by molar-refractivity contribution is 8.18. The molecule has 2 aliphatic rings. The summed E-state index contributed by atoms with van der Waals surface area (Å²) in [5, 5.41) is 0. The standard InChI is InChI=1S/C26H27NO3S3/c1-20-12-14-22(15-13-20)33(28,29)27-24-11-6-5-10-23(24)26(31-16-7-17-32-26)18-25(27)30-19-21-8-3-2-4-9-21/h2-6,8-15,25H,7,16-19H2,1H3. The Labute approximate surface area is 204 Å². The Balaban J connectivity index is 1.60. The Morgan fingerprint density at radius 3 is 2.33 bits per heavy atom. The maximum atomic E-state index is 14.0. The van der Waals surface area contributed by atoms with E-state index in [-0.39, 0.29) is 8.97 Å². The average molecular weight is 498 g/mol. The minimum Gasteiger partial charge on any atom is -0.353 e. The predicted octanol–water partition coefficient (Wildman–Crippen LogP) is 6.16. The lowest BCUT2D eigenvalue weighted by molar-refractivity contribution is 0.0378. The Kier molecular flexibility index (Phi) is 6.49. The molecule has 1 atom stereocenters. The number of para-hydroxylation sites is 1. The van der Waals surface area contributed by atoms with Crippen molar-refractivity contribution in [2.24, 2.45) is 0 Å². The summed E-state index contributed by atoms with van der Waals surface area (Å²) in [6.07, 6.45) is 1.18. The normalized spacial score (nSPS) is 19.9. The first-order chi connectivity index (χ1) is 16.0. The van der Waals surface area contributed by atoms with Crippen LogP contribution in [-0.4, -0.2) is 26.2 Å². The second kappa shape index (κ2) is 9.37. The Morgan fingerprint density at radius 1 is 0.939 bits per heavy atom. The van der Waals surface area contributed by atoms with Crippen molar-refractivity contribution in [3.8, 4) is 0 Å². The lowest BCUT2D eigenvalue weighted by Crippen LogP contribution is -2.50. The summed E-state index contributed by atoms with van der Waals surface area (Å²) in [6, 6.07) is 25.0. The maximum Gasteiger partial charge on any atom is 0.266 e. The number of thioether (sulfide) groups is 2. The van der Waals surface area contributed by atoms with E-state index in [4.69, 9.17) is 4.74 Å². The van der Waals surface area contributed by atoms with Crippen LogP contribution < -0.4 is 4.31 Å². The van der Waals surface area contributed by atoms with Crippen molar-refractivity contribution in [2.75, 3.05) is 15.8 Å². The molecule has 3 aromatic rings. The number of hydrogen-bond donors (Lipinski definition) is 0. The summed E-state index contributed by atoms with van der Waals surface area (Å²) in [6.45, 7) is 2.32.